The summed E-state index contributed by atoms with van der Waals surface area (Å²) < 4.78 is 5.48. The molecule has 0 aliphatic rings. The molecule has 0 saturated heterocycles. The Labute approximate surface area is 237 Å². The van der Waals surface area contributed by atoms with Crippen molar-refractivity contribution in [1.82, 2.24) is 15.5 Å². The average molecular weight is 546 g/mol. The lowest BCUT2D eigenvalue weighted by Gasteiger charge is -2.35. The van der Waals surface area contributed by atoms with Crippen LogP contribution in [0.25, 0.3) is 0 Å². The molecule has 2 atom stereocenters. The van der Waals surface area contributed by atoms with Gasteiger partial charge in [-0.15, -0.1) is 0 Å². The van der Waals surface area contributed by atoms with Crippen LogP contribution >= 0.6 is 0 Å². The number of carbonyl (C=O) groups is 3. The third-order valence-electron chi connectivity index (χ3n) is 6.49. The summed E-state index contributed by atoms with van der Waals surface area (Å²) in [6.07, 6.45) is 9.23. The van der Waals surface area contributed by atoms with Gasteiger partial charge in [0.15, 0.2) is 0 Å². The molecular formula is C32H55N3O4. The second-order valence-corrected chi connectivity index (χ2v) is 11.9. The lowest BCUT2D eigenvalue weighted by atomic mass is 9.98. The monoisotopic (exact) mass is 545 g/mol. The van der Waals surface area contributed by atoms with Gasteiger partial charge in [0.1, 0.15) is 17.7 Å². The van der Waals surface area contributed by atoms with Crippen LogP contribution in [0.1, 0.15) is 124 Å². The number of amides is 3. The maximum Gasteiger partial charge on any atom is 0.408 e. The van der Waals surface area contributed by atoms with Crippen molar-refractivity contribution >= 4 is 17.9 Å². The van der Waals surface area contributed by atoms with E-state index in [1.807, 2.05) is 44.2 Å². The summed E-state index contributed by atoms with van der Waals surface area (Å²) in [5.41, 5.74) is 0.0870. The van der Waals surface area contributed by atoms with Gasteiger partial charge < -0.3 is 20.3 Å². The van der Waals surface area contributed by atoms with E-state index in [1.165, 1.54) is 19.3 Å². The maximum atomic E-state index is 14.2. The highest BCUT2D eigenvalue weighted by Crippen LogP contribution is 2.25. The summed E-state index contributed by atoms with van der Waals surface area (Å²) in [5.74, 6) is -0.277. The number of alkyl carbamates (subject to hydrolysis) is 1. The van der Waals surface area contributed by atoms with E-state index < -0.39 is 23.8 Å². The number of hydrogen-bond donors (Lipinski definition) is 2. The lowest BCUT2D eigenvalue weighted by molar-refractivity contribution is -0.143. The third kappa shape index (κ3) is 14.4. The number of ether oxygens (including phenoxy) is 1. The van der Waals surface area contributed by atoms with Crippen LogP contribution in [0.5, 0.6) is 0 Å². The molecule has 1 aromatic rings. The number of nitrogens with zero attached hydrogens (tertiary/aromatic N) is 1. The fourth-order valence-corrected chi connectivity index (χ4v) is 4.56. The van der Waals surface area contributed by atoms with Gasteiger partial charge in [-0.1, -0.05) is 103 Å². The van der Waals surface area contributed by atoms with Crippen LogP contribution < -0.4 is 10.6 Å². The Morgan fingerprint density at radius 2 is 1.46 bits per heavy atom. The van der Waals surface area contributed by atoms with Gasteiger partial charge in [0.2, 0.25) is 11.8 Å². The minimum absolute atomic E-state index is 0.155. The number of unbranched alkanes of at least 4 members (excludes halogenated alkanes) is 7. The molecule has 0 radical (unpaired) electrons. The Bertz CT molecular complexity index is 836. The van der Waals surface area contributed by atoms with E-state index in [0.717, 1.165) is 44.1 Å². The van der Waals surface area contributed by atoms with Crippen molar-refractivity contribution in [3.63, 3.8) is 0 Å². The van der Waals surface area contributed by atoms with E-state index in [9.17, 15) is 14.4 Å². The smallest absolute Gasteiger partial charge is 0.408 e. The highest BCUT2D eigenvalue weighted by atomic mass is 16.6. The molecule has 0 aromatic heterocycles. The number of hydrogen-bond acceptors (Lipinski definition) is 4. The fraction of sp³-hybridized carbons (Fsp3) is 0.719. The van der Waals surface area contributed by atoms with Crippen LogP contribution in [0.2, 0.25) is 0 Å². The molecule has 0 bridgehead atoms. The first kappa shape index (κ1) is 34.5. The highest BCUT2D eigenvalue weighted by molar-refractivity contribution is 5.92. The minimum atomic E-state index is -0.793. The number of nitrogens with one attached hydrogen (secondary N) is 2. The van der Waals surface area contributed by atoms with Crippen molar-refractivity contribution in [2.45, 2.75) is 130 Å². The predicted molar refractivity (Wildman–Crippen MR) is 159 cm³/mol. The van der Waals surface area contributed by atoms with E-state index >= 15 is 0 Å². The first-order valence-electron chi connectivity index (χ1n) is 15.1. The molecule has 3 amide bonds. The largest absolute Gasteiger partial charge is 0.444 e. The SMILES string of the molecule is CCCCCCCCN(C(=O)C(CC(C)C)NC(=O)OC(C)(C)C)C(C(=O)NCCCCC)c1ccccc1. The zero-order valence-electron chi connectivity index (χ0n) is 25.7. The highest BCUT2D eigenvalue weighted by Gasteiger charge is 2.36. The zero-order chi connectivity index (χ0) is 29.3. The van der Waals surface area contributed by atoms with Crippen molar-refractivity contribution < 1.29 is 19.1 Å². The lowest BCUT2D eigenvalue weighted by Crippen LogP contribution is -2.53. The Hall–Kier alpha value is -2.57. The molecule has 0 aliphatic carbocycles. The summed E-state index contributed by atoms with van der Waals surface area (Å²) in [7, 11) is 0. The van der Waals surface area contributed by atoms with E-state index in [-0.39, 0.29) is 17.7 Å². The normalized spacial score (nSPS) is 13.0. The van der Waals surface area contributed by atoms with Gasteiger partial charge in [-0.05, 0) is 51.5 Å². The third-order valence-corrected chi connectivity index (χ3v) is 6.49. The van der Waals surface area contributed by atoms with Gasteiger partial charge in [0.25, 0.3) is 0 Å². The molecule has 0 fully saturated rings. The first-order valence-corrected chi connectivity index (χ1v) is 15.1. The number of carbonyl (C=O) groups excluding carboxylic acids is 3. The van der Waals surface area contributed by atoms with Crippen molar-refractivity contribution in [2.75, 3.05) is 13.1 Å². The average Bonchev–Trinajstić information content (AvgIpc) is 2.86. The van der Waals surface area contributed by atoms with Crippen molar-refractivity contribution in [2.24, 2.45) is 5.92 Å². The molecule has 7 heteroatoms. The topological polar surface area (TPSA) is 87.7 Å². The predicted octanol–water partition coefficient (Wildman–Crippen LogP) is 7.16. The van der Waals surface area contributed by atoms with Gasteiger partial charge in [0, 0.05) is 13.1 Å². The van der Waals surface area contributed by atoms with Gasteiger partial charge in [0.05, 0.1) is 0 Å². The second kappa shape index (κ2) is 18.7. The summed E-state index contributed by atoms with van der Waals surface area (Å²) in [4.78, 5) is 42.3. The molecule has 1 rings (SSSR count). The molecule has 2 N–H and O–H groups in total. The van der Waals surface area contributed by atoms with Crippen molar-refractivity contribution in [3.8, 4) is 0 Å². The summed E-state index contributed by atoms with van der Waals surface area (Å²) in [5, 5.41) is 5.90. The zero-order valence-corrected chi connectivity index (χ0v) is 25.7. The molecule has 0 aliphatic heterocycles. The standard InChI is InChI=1S/C32H55N3O4/c1-8-10-12-13-14-19-23-35(30(37)27(24-25(3)4)34-31(38)39-32(5,6)7)28(26-20-16-15-17-21-26)29(36)33-22-18-11-9-2/h15-17,20-21,25,27-28H,8-14,18-19,22-24H2,1-7H3,(H,33,36)(H,34,38). The van der Waals surface area contributed by atoms with Gasteiger partial charge >= 0.3 is 6.09 Å². The minimum Gasteiger partial charge on any atom is -0.444 e. The number of benzene rings is 1. The second-order valence-electron chi connectivity index (χ2n) is 11.9. The molecule has 2 unspecified atom stereocenters. The molecule has 222 valence electrons. The summed E-state index contributed by atoms with van der Waals surface area (Å²) in [6, 6.07) is 7.93. The molecule has 7 nitrogen and oxygen atoms in total. The molecular weight excluding hydrogens is 490 g/mol. The van der Waals surface area contributed by atoms with Gasteiger partial charge in [-0.2, -0.15) is 0 Å². The van der Waals surface area contributed by atoms with E-state index in [1.54, 1.807) is 25.7 Å². The maximum absolute atomic E-state index is 14.2. The molecule has 1 aromatic carbocycles. The van der Waals surface area contributed by atoms with Crippen LogP contribution in [0.15, 0.2) is 30.3 Å². The Balaban J connectivity index is 3.32. The number of rotatable bonds is 18. The molecule has 0 spiro atoms. The Morgan fingerprint density at radius 3 is 2.05 bits per heavy atom. The van der Waals surface area contributed by atoms with E-state index in [0.29, 0.717) is 19.5 Å². The summed E-state index contributed by atoms with van der Waals surface area (Å²) in [6.45, 7) is 14.8. The van der Waals surface area contributed by atoms with Crippen LogP contribution in [-0.4, -0.2) is 47.5 Å². The van der Waals surface area contributed by atoms with E-state index in [2.05, 4.69) is 24.5 Å². The Kier molecular flexibility index (Phi) is 16.5. The van der Waals surface area contributed by atoms with Gasteiger partial charge in [-0.3, -0.25) is 9.59 Å². The van der Waals surface area contributed by atoms with Gasteiger partial charge in [-0.25, -0.2) is 4.79 Å². The van der Waals surface area contributed by atoms with Crippen LogP contribution in [0.3, 0.4) is 0 Å². The van der Waals surface area contributed by atoms with Crippen LogP contribution in [0, 0.1) is 5.92 Å². The molecule has 0 saturated carbocycles. The molecule has 39 heavy (non-hydrogen) atoms. The van der Waals surface area contributed by atoms with Crippen molar-refractivity contribution in [3.05, 3.63) is 35.9 Å². The van der Waals surface area contributed by atoms with Crippen molar-refractivity contribution in [1.29, 1.82) is 0 Å². The quantitative estimate of drug-likeness (QED) is 0.192. The first-order chi connectivity index (χ1) is 18.5. The summed E-state index contributed by atoms with van der Waals surface area (Å²) >= 11 is 0. The van der Waals surface area contributed by atoms with E-state index in [4.69, 9.17) is 4.74 Å². The Morgan fingerprint density at radius 1 is 0.872 bits per heavy atom. The molecule has 0 heterocycles. The fourth-order valence-electron chi connectivity index (χ4n) is 4.56. The van der Waals surface area contributed by atoms with Crippen LogP contribution in [0.4, 0.5) is 4.79 Å². The van der Waals surface area contributed by atoms with Crippen LogP contribution in [-0.2, 0) is 14.3 Å².